The minimum Gasteiger partial charge on any atom is -0.310 e. The molecule has 3 aliphatic carbocycles. The Morgan fingerprint density at radius 2 is 0.973 bits per heavy atom. The molecule has 12 rings (SSSR count). The summed E-state index contributed by atoms with van der Waals surface area (Å²) in [6.07, 6.45) is 26.5. The van der Waals surface area contributed by atoms with E-state index in [0.717, 1.165) is 36.3 Å². The number of fused-ring (bicyclic) bond motifs is 9. The Morgan fingerprint density at radius 1 is 0.452 bits per heavy atom. The monoisotopic (exact) mass is 939 g/mol. The van der Waals surface area contributed by atoms with Gasteiger partial charge in [0.2, 0.25) is 0 Å². The molecule has 0 amide bonds. The molecule has 1 nitrogen and oxygen atoms in total. The highest BCUT2D eigenvalue weighted by molar-refractivity contribution is 5.93. The maximum atomic E-state index is 4.00. The number of benzene rings is 9. The fraction of sp³-hybridized carbons (Fsp3) is 0.111. The highest BCUT2D eigenvalue weighted by Crippen LogP contribution is 2.64. The summed E-state index contributed by atoms with van der Waals surface area (Å²) in [7, 11) is 0. The number of hydrogen-bond donors (Lipinski definition) is 0. The molecule has 0 aromatic heterocycles. The average Bonchev–Trinajstić information content (AvgIpc) is 3.77. The van der Waals surface area contributed by atoms with Gasteiger partial charge in [-0.15, -0.1) is 12.8 Å². The molecule has 9 aromatic rings. The van der Waals surface area contributed by atoms with Crippen molar-refractivity contribution in [2.45, 2.75) is 50.9 Å². The van der Waals surface area contributed by atoms with Crippen LogP contribution < -0.4 is 4.90 Å². The van der Waals surface area contributed by atoms with Crippen LogP contribution in [0.2, 0.25) is 0 Å². The quantitative estimate of drug-likeness (QED) is 0.0975. The Labute approximate surface area is 433 Å². The van der Waals surface area contributed by atoms with Crippen LogP contribution in [0.1, 0.15) is 84.5 Å². The predicted molar refractivity (Wildman–Crippen MR) is 312 cm³/mol. The number of allylic oxidation sites excluding steroid dienone is 8. The van der Waals surface area contributed by atoms with Crippen molar-refractivity contribution in [3.8, 4) is 46.2 Å². The van der Waals surface area contributed by atoms with Gasteiger partial charge in [-0.05, 0) is 152 Å². The van der Waals surface area contributed by atoms with Crippen molar-refractivity contribution in [3.63, 3.8) is 0 Å². The van der Waals surface area contributed by atoms with Gasteiger partial charge >= 0.3 is 0 Å². The number of anilines is 3. The molecule has 0 radical (unpaired) electrons. The van der Waals surface area contributed by atoms with Crippen LogP contribution in [-0.2, 0) is 10.8 Å². The lowest BCUT2D eigenvalue weighted by atomic mass is 9.52. The summed E-state index contributed by atoms with van der Waals surface area (Å²) in [5, 5.41) is 0. The standard InChI is InChI=1S/C68H53N.C2H6.C2H2/c1-2-3-4-23-44-67(55-30-15-8-16-31-55)63-34-19-21-36-65(63)68(66-37-22-20-35-64(66)67)61-33-18-17-32-59(61)60-48-57(42-43-62(60)68)69(56-40-38-52(39-41-56)49-24-9-5-10-25-49)58-46-53(50-26-11-6-12-27-50)45-54(47-58)51-28-13-7-14-29-51;2*1-2/h2-13,15-28,30-43,45-48H,14,29,44H2,1H3;1-2H3;1-2H/b3-2-,23-4-;;. The summed E-state index contributed by atoms with van der Waals surface area (Å²) in [5.74, 6) is 0. The van der Waals surface area contributed by atoms with E-state index >= 15 is 0 Å². The van der Waals surface area contributed by atoms with Crippen LogP contribution in [0.25, 0.3) is 39.0 Å². The molecule has 1 heteroatoms. The number of terminal acetylenes is 1. The molecule has 354 valence electrons. The first kappa shape index (κ1) is 48.0. The third-order valence-corrected chi connectivity index (χ3v) is 14.9. The van der Waals surface area contributed by atoms with Crippen molar-refractivity contribution in [1.29, 1.82) is 0 Å². The zero-order valence-corrected chi connectivity index (χ0v) is 42.1. The summed E-state index contributed by atoms with van der Waals surface area (Å²) in [6, 6.07) is 84.3. The van der Waals surface area contributed by atoms with Crippen LogP contribution in [0.5, 0.6) is 0 Å². The van der Waals surface area contributed by atoms with Gasteiger partial charge < -0.3 is 4.90 Å². The second-order valence-corrected chi connectivity index (χ2v) is 18.6. The Hall–Kier alpha value is -8.70. The van der Waals surface area contributed by atoms with Crippen molar-refractivity contribution in [1.82, 2.24) is 0 Å². The molecule has 9 aromatic carbocycles. The third-order valence-electron chi connectivity index (χ3n) is 14.9. The molecule has 0 N–H and O–H groups in total. The molecule has 0 atom stereocenters. The van der Waals surface area contributed by atoms with Gasteiger partial charge in [0.05, 0.1) is 5.41 Å². The zero-order chi connectivity index (χ0) is 50.2. The van der Waals surface area contributed by atoms with E-state index in [2.05, 4.69) is 292 Å². The Morgan fingerprint density at radius 3 is 1.59 bits per heavy atom. The average molecular weight is 940 g/mol. The van der Waals surface area contributed by atoms with Crippen LogP contribution in [0.4, 0.5) is 17.1 Å². The third kappa shape index (κ3) is 8.40. The van der Waals surface area contributed by atoms with Gasteiger partial charge in [0, 0.05) is 22.5 Å². The molecule has 0 fully saturated rings. The Balaban J connectivity index is 0.00000149. The predicted octanol–water partition coefficient (Wildman–Crippen LogP) is 19.0. The van der Waals surface area contributed by atoms with E-state index < -0.39 is 10.8 Å². The van der Waals surface area contributed by atoms with Crippen LogP contribution >= 0.6 is 0 Å². The molecule has 0 unspecified atom stereocenters. The molecule has 0 bridgehead atoms. The lowest BCUT2D eigenvalue weighted by Crippen LogP contribution is -2.43. The second-order valence-electron chi connectivity index (χ2n) is 18.6. The van der Waals surface area contributed by atoms with Gasteiger partial charge in [0.1, 0.15) is 0 Å². The minimum atomic E-state index is -0.549. The van der Waals surface area contributed by atoms with Gasteiger partial charge in [-0.2, -0.15) is 0 Å². The molecule has 0 saturated carbocycles. The molecular formula is C72H61N. The lowest BCUT2D eigenvalue weighted by molar-refractivity contribution is 0.557. The van der Waals surface area contributed by atoms with Crippen molar-refractivity contribution >= 4 is 22.6 Å². The van der Waals surface area contributed by atoms with Gasteiger partial charge in [-0.3, -0.25) is 0 Å². The summed E-state index contributed by atoms with van der Waals surface area (Å²) in [4.78, 5) is 2.48. The SMILES string of the molecule is C#C.C/C=C\C=C/CC1(c2ccccc2)c2ccccc2C2(c3ccccc3-c3cc(N(c4ccc(-c5ccccc5)cc4)c4cc(C5=CC=CCC5)cc(-c5ccccc5)c4)ccc32)c2ccccc21.CC. The highest BCUT2D eigenvalue weighted by Gasteiger charge is 2.55. The molecule has 0 aliphatic heterocycles. The van der Waals surface area contributed by atoms with E-state index in [4.69, 9.17) is 0 Å². The van der Waals surface area contributed by atoms with Crippen molar-refractivity contribution in [2.75, 3.05) is 4.90 Å². The smallest absolute Gasteiger partial charge is 0.0719 e. The fourth-order valence-electron chi connectivity index (χ4n) is 11.9. The maximum Gasteiger partial charge on any atom is 0.0719 e. The molecule has 0 heterocycles. The van der Waals surface area contributed by atoms with Gasteiger partial charge in [0.15, 0.2) is 0 Å². The van der Waals surface area contributed by atoms with E-state index in [-0.39, 0.29) is 0 Å². The molecule has 3 aliphatic rings. The van der Waals surface area contributed by atoms with Crippen LogP contribution in [-0.4, -0.2) is 0 Å². The van der Waals surface area contributed by atoms with Crippen LogP contribution in [0.15, 0.2) is 267 Å². The van der Waals surface area contributed by atoms with Crippen LogP contribution in [0.3, 0.4) is 0 Å². The van der Waals surface area contributed by atoms with Gasteiger partial charge in [-0.1, -0.05) is 238 Å². The first-order chi connectivity index (χ1) is 36.2. The van der Waals surface area contributed by atoms with Crippen LogP contribution in [0, 0.1) is 12.8 Å². The number of nitrogens with zero attached hydrogens (tertiary/aromatic N) is 1. The summed E-state index contributed by atoms with van der Waals surface area (Å²) in [6.45, 7) is 6.08. The lowest BCUT2D eigenvalue weighted by Gasteiger charge is -2.49. The first-order valence-electron chi connectivity index (χ1n) is 25.8. The largest absolute Gasteiger partial charge is 0.310 e. The van der Waals surface area contributed by atoms with E-state index in [0.29, 0.717) is 0 Å². The van der Waals surface area contributed by atoms with Gasteiger partial charge in [0.25, 0.3) is 0 Å². The molecule has 1 spiro atoms. The minimum absolute atomic E-state index is 0.414. The summed E-state index contributed by atoms with van der Waals surface area (Å²) < 4.78 is 0. The van der Waals surface area contributed by atoms with Gasteiger partial charge in [-0.25, -0.2) is 0 Å². The fourth-order valence-corrected chi connectivity index (χ4v) is 11.9. The highest BCUT2D eigenvalue weighted by atomic mass is 15.1. The van der Waals surface area contributed by atoms with E-state index in [1.54, 1.807) is 0 Å². The zero-order valence-electron chi connectivity index (χ0n) is 42.1. The summed E-state index contributed by atoms with van der Waals surface area (Å²) in [5.41, 5.74) is 21.7. The van der Waals surface area contributed by atoms with E-state index in [1.807, 2.05) is 13.8 Å². The Bertz CT molecular complexity index is 3460. The number of hydrogen-bond acceptors (Lipinski definition) is 1. The normalized spacial score (nSPS) is 16.8. The summed E-state index contributed by atoms with van der Waals surface area (Å²) >= 11 is 0. The molecule has 73 heavy (non-hydrogen) atoms. The maximum absolute atomic E-state index is 4.00. The van der Waals surface area contributed by atoms with Crippen molar-refractivity contribution in [3.05, 3.63) is 311 Å². The second kappa shape index (κ2) is 21.3. The van der Waals surface area contributed by atoms with Crippen molar-refractivity contribution < 1.29 is 0 Å². The number of rotatable bonds is 10. The topological polar surface area (TPSA) is 3.24 Å². The Kier molecular flexibility index (Phi) is 14.0. The molecular weight excluding hydrogens is 879 g/mol. The first-order valence-corrected chi connectivity index (χ1v) is 25.8. The van der Waals surface area contributed by atoms with E-state index in [1.165, 1.54) is 83.5 Å². The van der Waals surface area contributed by atoms with Crippen molar-refractivity contribution in [2.24, 2.45) is 0 Å². The molecule has 0 saturated heterocycles. The van der Waals surface area contributed by atoms with E-state index in [9.17, 15) is 0 Å².